The van der Waals surface area contributed by atoms with Gasteiger partial charge in [0.15, 0.2) is 5.13 Å². The van der Waals surface area contributed by atoms with Gasteiger partial charge in [0.2, 0.25) is 0 Å². The number of esters is 1. The van der Waals surface area contributed by atoms with Gasteiger partial charge in [-0.3, -0.25) is 10.1 Å². The second kappa shape index (κ2) is 8.78. The number of ether oxygens (including phenoxy) is 1. The average molecular weight is 396 g/mol. The Morgan fingerprint density at radius 3 is 2.25 bits per heavy atom. The topological polar surface area (TPSA) is 109 Å². The lowest BCUT2D eigenvalue weighted by Gasteiger charge is -2.05. The van der Waals surface area contributed by atoms with Gasteiger partial charge in [-0.1, -0.05) is 18.2 Å². The number of carbonyl (C=O) groups is 3. The molecule has 3 amide bonds. The maximum atomic E-state index is 12.3. The first-order chi connectivity index (χ1) is 13.5. The quantitative estimate of drug-likeness (QED) is 0.568. The lowest BCUT2D eigenvalue weighted by atomic mass is 10.2. The molecule has 0 unspecified atom stereocenters. The average Bonchev–Trinajstić information content (AvgIpc) is 3.17. The number of hydrogen-bond donors (Lipinski definition) is 3. The van der Waals surface area contributed by atoms with E-state index in [0.717, 1.165) is 11.3 Å². The zero-order valence-electron chi connectivity index (χ0n) is 14.8. The van der Waals surface area contributed by atoms with Gasteiger partial charge in [0.25, 0.3) is 5.91 Å². The second-order valence-corrected chi connectivity index (χ2v) is 6.36. The van der Waals surface area contributed by atoms with Crippen molar-refractivity contribution in [2.24, 2.45) is 0 Å². The summed E-state index contributed by atoms with van der Waals surface area (Å²) >= 11 is 1.13. The van der Waals surface area contributed by atoms with Crippen molar-refractivity contribution < 1.29 is 19.1 Å². The number of carbonyl (C=O) groups excluding carboxylic acids is 3. The summed E-state index contributed by atoms with van der Waals surface area (Å²) in [4.78, 5) is 39.8. The SMILES string of the molecule is COC(=O)c1ccc(NC(=O)c2csc(NC(=O)Nc3ccccc3)n2)cc1. The number of thiazole rings is 1. The van der Waals surface area contributed by atoms with Crippen LogP contribution in [0.2, 0.25) is 0 Å². The van der Waals surface area contributed by atoms with Crippen molar-refractivity contribution in [2.75, 3.05) is 23.1 Å². The Labute approximate surface area is 164 Å². The number of rotatable bonds is 5. The van der Waals surface area contributed by atoms with Gasteiger partial charge in [-0.15, -0.1) is 11.3 Å². The highest BCUT2D eigenvalue weighted by molar-refractivity contribution is 7.14. The van der Waals surface area contributed by atoms with Crippen LogP contribution in [0.25, 0.3) is 0 Å². The Bertz CT molecular complexity index is 987. The molecule has 9 heteroatoms. The number of hydrogen-bond acceptors (Lipinski definition) is 6. The van der Waals surface area contributed by atoms with Crippen LogP contribution in [0.15, 0.2) is 60.0 Å². The van der Waals surface area contributed by atoms with Gasteiger partial charge in [0.05, 0.1) is 12.7 Å². The molecule has 0 radical (unpaired) electrons. The molecule has 0 saturated carbocycles. The summed E-state index contributed by atoms with van der Waals surface area (Å²) in [5.41, 5.74) is 1.69. The van der Waals surface area contributed by atoms with Gasteiger partial charge in [-0.2, -0.15) is 0 Å². The van der Waals surface area contributed by atoms with Crippen LogP contribution in [-0.4, -0.2) is 30.0 Å². The minimum Gasteiger partial charge on any atom is -0.465 e. The molecule has 3 aromatic rings. The molecule has 0 bridgehead atoms. The van der Waals surface area contributed by atoms with Gasteiger partial charge >= 0.3 is 12.0 Å². The fourth-order valence-electron chi connectivity index (χ4n) is 2.22. The molecule has 0 saturated heterocycles. The Hall–Kier alpha value is -3.72. The van der Waals surface area contributed by atoms with E-state index in [-0.39, 0.29) is 5.69 Å². The Kier molecular flexibility index (Phi) is 5.97. The van der Waals surface area contributed by atoms with Gasteiger partial charge in [-0.05, 0) is 36.4 Å². The number of anilines is 3. The molecule has 0 fully saturated rings. The zero-order valence-corrected chi connectivity index (χ0v) is 15.6. The van der Waals surface area contributed by atoms with Crippen LogP contribution in [-0.2, 0) is 4.74 Å². The van der Waals surface area contributed by atoms with Crippen LogP contribution in [0.1, 0.15) is 20.8 Å². The standard InChI is InChI=1S/C19H16N4O4S/c1-27-17(25)12-7-9-14(10-8-12)20-16(24)15-11-28-19(22-15)23-18(26)21-13-5-3-2-4-6-13/h2-11H,1H3,(H,20,24)(H2,21,22,23,26). The third-order valence-electron chi connectivity index (χ3n) is 3.55. The molecule has 28 heavy (non-hydrogen) atoms. The monoisotopic (exact) mass is 396 g/mol. The third-order valence-corrected chi connectivity index (χ3v) is 4.31. The largest absolute Gasteiger partial charge is 0.465 e. The molecule has 142 valence electrons. The van der Waals surface area contributed by atoms with Gasteiger partial charge in [0.1, 0.15) is 5.69 Å². The number of aromatic nitrogens is 1. The minimum absolute atomic E-state index is 0.164. The molecule has 3 rings (SSSR count). The number of methoxy groups -OCH3 is 1. The van der Waals surface area contributed by atoms with Crippen molar-refractivity contribution in [1.29, 1.82) is 0 Å². The highest BCUT2D eigenvalue weighted by Crippen LogP contribution is 2.18. The number of urea groups is 1. The van der Waals surface area contributed by atoms with Crippen LogP contribution >= 0.6 is 11.3 Å². The first kappa shape index (κ1) is 19.1. The molecular weight excluding hydrogens is 380 g/mol. The Balaban J connectivity index is 1.57. The molecule has 0 aliphatic carbocycles. The molecule has 0 spiro atoms. The molecular formula is C19H16N4O4S. The van der Waals surface area contributed by atoms with Crippen LogP contribution in [0.5, 0.6) is 0 Å². The molecule has 0 aliphatic rings. The van der Waals surface area contributed by atoms with Crippen molar-refractivity contribution >= 4 is 45.8 Å². The predicted molar refractivity (Wildman–Crippen MR) is 107 cm³/mol. The van der Waals surface area contributed by atoms with E-state index in [2.05, 4.69) is 25.7 Å². The van der Waals surface area contributed by atoms with Crippen LogP contribution in [0, 0.1) is 0 Å². The summed E-state index contributed by atoms with van der Waals surface area (Å²) in [6.07, 6.45) is 0. The third kappa shape index (κ3) is 4.92. The molecule has 1 aromatic heterocycles. The van der Waals surface area contributed by atoms with Gasteiger partial charge in [-0.25, -0.2) is 14.6 Å². The Morgan fingerprint density at radius 1 is 0.893 bits per heavy atom. The van der Waals surface area contributed by atoms with Crippen LogP contribution in [0.3, 0.4) is 0 Å². The number of nitrogens with one attached hydrogen (secondary N) is 3. The number of amides is 3. The lowest BCUT2D eigenvalue weighted by Crippen LogP contribution is -2.19. The van der Waals surface area contributed by atoms with E-state index < -0.39 is 17.9 Å². The molecule has 1 heterocycles. The summed E-state index contributed by atoms with van der Waals surface area (Å²) in [5.74, 6) is -0.888. The molecule has 3 N–H and O–H groups in total. The summed E-state index contributed by atoms with van der Waals surface area (Å²) in [6.45, 7) is 0. The van der Waals surface area contributed by atoms with Crippen molar-refractivity contribution in [2.45, 2.75) is 0 Å². The first-order valence-electron chi connectivity index (χ1n) is 8.13. The maximum absolute atomic E-state index is 12.3. The zero-order chi connectivity index (χ0) is 19.9. The van der Waals surface area contributed by atoms with E-state index in [1.807, 2.05) is 6.07 Å². The summed E-state index contributed by atoms with van der Waals surface area (Å²) in [5, 5.41) is 9.75. The van der Waals surface area contributed by atoms with Crippen molar-refractivity contribution in [3.63, 3.8) is 0 Å². The predicted octanol–water partition coefficient (Wildman–Crippen LogP) is 3.83. The fraction of sp³-hybridized carbons (Fsp3) is 0.0526. The van der Waals surface area contributed by atoms with E-state index >= 15 is 0 Å². The first-order valence-corrected chi connectivity index (χ1v) is 9.01. The lowest BCUT2D eigenvalue weighted by molar-refractivity contribution is 0.0600. The van der Waals surface area contributed by atoms with Crippen LogP contribution in [0.4, 0.5) is 21.3 Å². The fourth-order valence-corrected chi connectivity index (χ4v) is 2.90. The van der Waals surface area contributed by atoms with Crippen LogP contribution < -0.4 is 16.0 Å². The number of benzene rings is 2. The van der Waals surface area contributed by atoms with Gasteiger partial charge < -0.3 is 15.4 Å². The Morgan fingerprint density at radius 2 is 1.57 bits per heavy atom. The minimum atomic E-state index is -0.457. The van der Waals surface area contributed by atoms with E-state index in [1.165, 1.54) is 12.5 Å². The smallest absolute Gasteiger partial charge is 0.337 e. The normalized spacial score (nSPS) is 10.0. The molecule has 0 aliphatic heterocycles. The highest BCUT2D eigenvalue weighted by atomic mass is 32.1. The second-order valence-electron chi connectivity index (χ2n) is 5.51. The molecule has 2 aromatic carbocycles. The summed E-state index contributed by atoms with van der Waals surface area (Å²) in [6, 6.07) is 14.8. The van der Waals surface area contributed by atoms with Crippen molar-refractivity contribution in [3.8, 4) is 0 Å². The van der Waals surface area contributed by atoms with E-state index in [4.69, 9.17) is 0 Å². The number of para-hydroxylation sites is 1. The van der Waals surface area contributed by atoms with Crippen molar-refractivity contribution in [1.82, 2.24) is 4.98 Å². The summed E-state index contributed by atoms with van der Waals surface area (Å²) < 4.78 is 4.62. The number of nitrogens with zero attached hydrogens (tertiary/aromatic N) is 1. The molecule has 8 nitrogen and oxygen atoms in total. The highest BCUT2D eigenvalue weighted by Gasteiger charge is 2.13. The van der Waals surface area contributed by atoms with Crippen molar-refractivity contribution in [3.05, 3.63) is 71.2 Å². The van der Waals surface area contributed by atoms with E-state index in [1.54, 1.807) is 48.5 Å². The summed E-state index contributed by atoms with van der Waals surface area (Å²) in [7, 11) is 1.30. The van der Waals surface area contributed by atoms with Gasteiger partial charge in [0, 0.05) is 16.8 Å². The maximum Gasteiger partial charge on any atom is 0.337 e. The van der Waals surface area contributed by atoms with E-state index in [0.29, 0.717) is 22.1 Å². The van der Waals surface area contributed by atoms with E-state index in [9.17, 15) is 14.4 Å². The molecule has 0 atom stereocenters.